The summed E-state index contributed by atoms with van der Waals surface area (Å²) in [6, 6.07) is 10.9. The third-order valence-electron chi connectivity index (χ3n) is 4.05. The summed E-state index contributed by atoms with van der Waals surface area (Å²) < 4.78 is 6.16. The fourth-order valence-corrected chi connectivity index (χ4v) is 2.81. The smallest absolute Gasteiger partial charge is 0.407 e. The van der Waals surface area contributed by atoms with Crippen molar-refractivity contribution in [3.05, 3.63) is 58.3 Å². The number of alkyl carbamates (subject to hydrolysis) is 1. The summed E-state index contributed by atoms with van der Waals surface area (Å²) in [6.45, 7) is 7.91. The molecular formula is C21H28BrN5O3. The highest BCUT2D eigenvalue weighted by Crippen LogP contribution is 2.17. The van der Waals surface area contributed by atoms with Gasteiger partial charge in [-0.2, -0.15) is 0 Å². The average molecular weight is 478 g/mol. The molecule has 1 heterocycles. The number of aromatic nitrogens is 1. The Labute approximate surface area is 185 Å². The molecule has 0 bridgehead atoms. The van der Waals surface area contributed by atoms with E-state index in [2.05, 4.69) is 31.5 Å². The number of halogens is 1. The van der Waals surface area contributed by atoms with Gasteiger partial charge in [0.2, 0.25) is 0 Å². The van der Waals surface area contributed by atoms with Crippen molar-refractivity contribution in [1.82, 2.24) is 15.6 Å². The second-order valence-electron chi connectivity index (χ2n) is 7.77. The lowest BCUT2D eigenvalue weighted by Crippen LogP contribution is -2.41. The molecule has 0 fully saturated rings. The lowest BCUT2D eigenvalue weighted by atomic mass is 10.1. The quantitative estimate of drug-likeness (QED) is 0.415. The van der Waals surface area contributed by atoms with E-state index in [9.17, 15) is 9.59 Å². The highest BCUT2D eigenvalue weighted by atomic mass is 79.9. The second kappa shape index (κ2) is 10.4. The molecule has 0 aliphatic carbocycles. The zero-order valence-corrected chi connectivity index (χ0v) is 19.2. The van der Waals surface area contributed by atoms with Crippen LogP contribution in [-0.4, -0.2) is 35.7 Å². The first-order chi connectivity index (χ1) is 14.0. The molecule has 0 aliphatic rings. The number of amides is 2. The van der Waals surface area contributed by atoms with E-state index in [-0.39, 0.29) is 24.2 Å². The van der Waals surface area contributed by atoms with Crippen LogP contribution in [0.4, 0.5) is 10.5 Å². The van der Waals surface area contributed by atoms with Crippen LogP contribution in [0.1, 0.15) is 49.8 Å². The number of rotatable bonds is 7. The summed E-state index contributed by atoms with van der Waals surface area (Å²) in [5.41, 5.74) is 1.29. The van der Waals surface area contributed by atoms with E-state index in [0.29, 0.717) is 12.2 Å². The number of nitrogens with two attached hydrogens (primary N) is 1. The SMILES string of the molecule is CC(NC(=O)c1cc(N(N)CCNC(=O)OC(C)(C)C)ccn1)c1ccc(Br)cc1. The molecule has 0 spiro atoms. The molecule has 1 unspecified atom stereocenters. The molecule has 2 amide bonds. The van der Waals surface area contributed by atoms with E-state index < -0.39 is 11.7 Å². The Morgan fingerprint density at radius 2 is 1.90 bits per heavy atom. The van der Waals surface area contributed by atoms with Gasteiger partial charge in [-0.3, -0.25) is 9.78 Å². The predicted molar refractivity (Wildman–Crippen MR) is 120 cm³/mol. The van der Waals surface area contributed by atoms with E-state index in [1.807, 2.05) is 31.2 Å². The number of nitrogens with zero attached hydrogens (tertiary/aromatic N) is 2. The molecule has 30 heavy (non-hydrogen) atoms. The average Bonchev–Trinajstić information content (AvgIpc) is 2.67. The molecule has 0 saturated heterocycles. The minimum absolute atomic E-state index is 0.178. The minimum atomic E-state index is -0.562. The van der Waals surface area contributed by atoms with Gasteiger partial charge >= 0.3 is 6.09 Å². The van der Waals surface area contributed by atoms with Gasteiger partial charge in [0.1, 0.15) is 11.3 Å². The fourth-order valence-electron chi connectivity index (χ4n) is 2.55. The summed E-state index contributed by atoms with van der Waals surface area (Å²) in [6.07, 6.45) is 1.02. The summed E-state index contributed by atoms with van der Waals surface area (Å²) in [5, 5.41) is 7.01. The molecule has 1 aromatic heterocycles. The number of carbonyl (C=O) groups excluding carboxylic acids is 2. The lowest BCUT2D eigenvalue weighted by Gasteiger charge is -2.22. The summed E-state index contributed by atoms with van der Waals surface area (Å²) >= 11 is 3.40. The Morgan fingerprint density at radius 1 is 1.23 bits per heavy atom. The topological polar surface area (TPSA) is 110 Å². The van der Waals surface area contributed by atoms with Crippen LogP contribution in [0.5, 0.6) is 0 Å². The maximum atomic E-state index is 12.6. The van der Waals surface area contributed by atoms with Crippen molar-refractivity contribution in [1.29, 1.82) is 0 Å². The number of nitrogens with one attached hydrogen (secondary N) is 2. The van der Waals surface area contributed by atoms with Crippen LogP contribution < -0.4 is 21.5 Å². The molecule has 162 valence electrons. The van der Waals surface area contributed by atoms with Crippen LogP contribution in [0, 0.1) is 0 Å². The van der Waals surface area contributed by atoms with Gasteiger partial charge in [0, 0.05) is 17.2 Å². The van der Waals surface area contributed by atoms with Gasteiger partial charge in [0.05, 0.1) is 18.3 Å². The zero-order valence-electron chi connectivity index (χ0n) is 17.6. The van der Waals surface area contributed by atoms with Crippen molar-refractivity contribution in [2.24, 2.45) is 5.84 Å². The van der Waals surface area contributed by atoms with Crippen molar-refractivity contribution in [2.45, 2.75) is 39.3 Å². The normalized spacial score (nSPS) is 12.1. The van der Waals surface area contributed by atoms with Crippen LogP contribution in [0.25, 0.3) is 0 Å². The Balaban J connectivity index is 1.92. The van der Waals surface area contributed by atoms with Crippen molar-refractivity contribution in [2.75, 3.05) is 18.1 Å². The van der Waals surface area contributed by atoms with Gasteiger partial charge in [-0.1, -0.05) is 28.1 Å². The molecule has 9 heteroatoms. The number of hydrazine groups is 1. The lowest BCUT2D eigenvalue weighted by molar-refractivity contribution is 0.0529. The molecule has 0 radical (unpaired) electrons. The summed E-state index contributed by atoms with van der Waals surface area (Å²) in [5.74, 6) is 5.76. The van der Waals surface area contributed by atoms with Crippen LogP contribution in [0.2, 0.25) is 0 Å². The Bertz CT molecular complexity index is 868. The number of anilines is 1. The summed E-state index contributed by atoms with van der Waals surface area (Å²) in [4.78, 5) is 28.4. The van der Waals surface area contributed by atoms with Gasteiger partial charge in [0.25, 0.3) is 5.91 Å². The highest BCUT2D eigenvalue weighted by molar-refractivity contribution is 9.10. The van der Waals surface area contributed by atoms with Crippen LogP contribution in [0.15, 0.2) is 47.1 Å². The van der Waals surface area contributed by atoms with Gasteiger partial charge in [0.15, 0.2) is 0 Å². The minimum Gasteiger partial charge on any atom is -0.444 e. The monoisotopic (exact) mass is 477 g/mol. The number of pyridine rings is 1. The Morgan fingerprint density at radius 3 is 2.53 bits per heavy atom. The molecular weight excluding hydrogens is 450 g/mol. The first kappa shape index (κ1) is 23.6. The van der Waals surface area contributed by atoms with E-state index in [4.69, 9.17) is 10.6 Å². The van der Waals surface area contributed by atoms with Gasteiger partial charge < -0.3 is 20.4 Å². The highest BCUT2D eigenvalue weighted by Gasteiger charge is 2.16. The van der Waals surface area contributed by atoms with Crippen molar-refractivity contribution < 1.29 is 14.3 Å². The third kappa shape index (κ3) is 7.64. The molecule has 2 aromatic rings. The number of ether oxygens (including phenoxy) is 1. The molecule has 0 saturated carbocycles. The van der Waals surface area contributed by atoms with Crippen LogP contribution in [0.3, 0.4) is 0 Å². The van der Waals surface area contributed by atoms with Gasteiger partial charge in [-0.25, -0.2) is 10.6 Å². The first-order valence-corrected chi connectivity index (χ1v) is 10.4. The van der Waals surface area contributed by atoms with E-state index in [1.54, 1.807) is 32.9 Å². The van der Waals surface area contributed by atoms with Crippen molar-refractivity contribution in [3.8, 4) is 0 Å². The summed E-state index contributed by atoms with van der Waals surface area (Å²) in [7, 11) is 0. The Kier molecular flexibility index (Phi) is 8.19. The van der Waals surface area contributed by atoms with Gasteiger partial charge in [-0.05, 0) is 57.5 Å². The second-order valence-corrected chi connectivity index (χ2v) is 8.68. The van der Waals surface area contributed by atoms with E-state index in [0.717, 1.165) is 10.0 Å². The first-order valence-electron chi connectivity index (χ1n) is 9.56. The molecule has 1 aromatic carbocycles. The molecule has 8 nitrogen and oxygen atoms in total. The van der Waals surface area contributed by atoms with Crippen LogP contribution in [-0.2, 0) is 4.74 Å². The standard InChI is InChI=1S/C21H28BrN5O3/c1-14(15-5-7-16(22)8-6-15)26-19(28)18-13-17(9-10-24-18)27(23)12-11-25-20(29)30-21(2,3)4/h5-10,13-14H,11-12,23H2,1-4H3,(H,25,29)(H,26,28). The molecule has 0 aliphatic heterocycles. The zero-order chi connectivity index (χ0) is 22.3. The Hall–Kier alpha value is -2.65. The third-order valence-corrected chi connectivity index (χ3v) is 4.58. The number of carbonyl (C=O) groups is 2. The maximum Gasteiger partial charge on any atom is 0.407 e. The predicted octanol–water partition coefficient (Wildman–Crippen LogP) is 3.54. The number of hydrogen-bond acceptors (Lipinski definition) is 6. The van der Waals surface area contributed by atoms with E-state index in [1.165, 1.54) is 11.2 Å². The maximum absolute atomic E-state index is 12.6. The fraction of sp³-hybridized carbons (Fsp3) is 0.381. The van der Waals surface area contributed by atoms with Gasteiger partial charge in [-0.15, -0.1) is 0 Å². The molecule has 2 rings (SSSR count). The number of benzene rings is 1. The van der Waals surface area contributed by atoms with E-state index >= 15 is 0 Å². The van der Waals surface area contributed by atoms with Crippen LogP contribution >= 0.6 is 15.9 Å². The molecule has 4 N–H and O–H groups in total. The van der Waals surface area contributed by atoms with Crippen molar-refractivity contribution in [3.63, 3.8) is 0 Å². The van der Waals surface area contributed by atoms with Crippen molar-refractivity contribution >= 4 is 33.6 Å². The largest absolute Gasteiger partial charge is 0.444 e. The number of hydrogen-bond donors (Lipinski definition) is 3. The molecule has 1 atom stereocenters.